The van der Waals surface area contributed by atoms with Gasteiger partial charge >= 0.3 is 0 Å². The number of hydrogen-bond donors (Lipinski definition) is 1. The van der Waals surface area contributed by atoms with E-state index in [1.807, 2.05) is 27.7 Å². The van der Waals surface area contributed by atoms with Crippen LogP contribution in [0.1, 0.15) is 33.7 Å². The van der Waals surface area contributed by atoms with Crippen LogP contribution in [-0.2, 0) is 0 Å². The number of amides is 1. The molecule has 0 bridgehead atoms. The van der Waals surface area contributed by atoms with Crippen molar-refractivity contribution >= 4 is 17.2 Å². The van der Waals surface area contributed by atoms with Crippen LogP contribution in [0.2, 0.25) is 0 Å². The fourth-order valence-electron chi connectivity index (χ4n) is 1.90. The highest BCUT2D eigenvalue weighted by molar-refractivity contribution is 7.16. The van der Waals surface area contributed by atoms with Gasteiger partial charge < -0.3 is 5.32 Å². The second kappa shape index (κ2) is 4.94. The molecule has 2 aromatic heterocycles. The van der Waals surface area contributed by atoms with E-state index < -0.39 is 0 Å². The van der Waals surface area contributed by atoms with Crippen molar-refractivity contribution in [2.24, 2.45) is 0 Å². The summed E-state index contributed by atoms with van der Waals surface area (Å²) >= 11 is 1.43. The van der Waals surface area contributed by atoms with Gasteiger partial charge in [-0.1, -0.05) is 11.3 Å². The Morgan fingerprint density at radius 3 is 2.50 bits per heavy atom. The van der Waals surface area contributed by atoms with Gasteiger partial charge in [0.1, 0.15) is 4.88 Å². The Balaban J connectivity index is 2.43. The van der Waals surface area contributed by atoms with Crippen molar-refractivity contribution < 1.29 is 4.79 Å². The van der Waals surface area contributed by atoms with Crippen molar-refractivity contribution in [2.45, 2.75) is 27.7 Å². The summed E-state index contributed by atoms with van der Waals surface area (Å²) in [5.41, 5.74) is 3.04. The molecule has 0 saturated carbocycles. The summed E-state index contributed by atoms with van der Waals surface area (Å²) in [7, 11) is 0. The largest absolute Gasteiger partial charge is 0.352 e. The van der Waals surface area contributed by atoms with Crippen molar-refractivity contribution in [1.29, 1.82) is 0 Å². The van der Waals surface area contributed by atoms with E-state index in [0.717, 1.165) is 22.2 Å². The fourth-order valence-corrected chi connectivity index (χ4v) is 3.00. The van der Waals surface area contributed by atoms with Gasteiger partial charge in [-0.3, -0.25) is 9.36 Å². The van der Waals surface area contributed by atoms with Crippen molar-refractivity contribution in [3.63, 3.8) is 0 Å². The summed E-state index contributed by atoms with van der Waals surface area (Å²) in [4.78, 5) is 17.1. The average Bonchev–Trinajstić information content (AvgIpc) is 2.83. The summed E-state index contributed by atoms with van der Waals surface area (Å²) in [5.74, 6) is -0.0405. The monoisotopic (exact) mass is 263 g/mol. The Morgan fingerprint density at radius 1 is 1.33 bits per heavy atom. The third-order valence-corrected chi connectivity index (χ3v) is 3.93. The van der Waals surface area contributed by atoms with E-state index in [9.17, 15) is 4.79 Å². The van der Waals surface area contributed by atoms with E-state index in [4.69, 9.17) is 0 Å². The molecule has 1 amide bonds. The van der Waals surface area contributed by atoms with Gasteiger partial charge in [0.15, 0.2) is 5.13 Å². The second-order valence-corrected chi connectivity index (χ2v) is 5.20. The molecule has 5 heteroatoms. The molecule has 0 atom stereocenters. The number of aryl methyl sites for hydroxylation is 3. The molecule has 0 aromatic carbocycles. The number of hydrogen-bond acceptors (Lipinski definition) is 3. The lowest BCUT2D eigenvalue weighted by atomic mass is 10.4. The minimum atomic E-state index is -0.0405. The first-order valence-electron chi connectivity index (χ1n) is 5.95. The van der Waals surface area contributed by atoms with Gasteiger partial charge in [0.05, 0.1) is 5.69 Å². The Hall–Kier alpha value is -1.62. The van der Waals surface area contributed by atoms with Crippen LogP contribution in [0.25, 0.3) is 5.13 Å². The molecule has 18 heavy (non-hydrogen) atoms. The first kappa shape index (κ1) is 12.8. The predicted molar refractivity (Wildman–Crippen MR) is 73.7 cm³/mol. The molecule has 0 saturated heterocycles. The van der Waals surface area contributed by atoms with Crippen LogP contribution in [-0.4, -0.2) is 22.0 Å². The van der Waals surface area contributed by atoms with Crippen LogP contribution in [0, 0.1) is 20.8 Å². The number of nitrogens with one attached hydrogen (secondary N) is 1. The Morgan fingerprint density at radius 2 is 1.94 bits per heavy atom. The molecule has 2 rings (SSSR count). The maximum Gasteiger partial charge on any atom is 0.263 e. The molecule has 0 fully saturated rings. The lowest BCUT2D eigenvalue weighted by Crippen LogP contribution is -2.22. The number of aromatic nitrogens is 2. The Labute approximate surface area is 111 Å². The van der Waals surface area contributed by atoms with Gasteiger partial charge in [-0.25, -0.2) is 4.98 Å². The van der Waals surface area contributed by atoms with Crippen LogP contribution >= 0.6 is 11.3 Å². The maximum atomic E-state index is 11.9. The molecule has 2 aromatic rings. The highest BCUT2D eigenvalue weighted by Crippen LogP contribution is 2.24. The lowest BCUT2D eigenvalue weighted by molar-refractivity contribution is 0.0959. The Bertz CT molecular complexity index is 564. The highest BCUT2D eigenvalue weighted by Gasteiger charge is 2.16. The maximum absolute atomic E-state index is 11.9. The Kier molecular flexibility index (Phi) is 3.52. The first-order chi connectivity index (χ1) is 8.54. The van der Waals surface area contributed by atoms with Crippen molar-refractivity contribution in [2.75, 3.05) is 6.54 Å². The summed E-state index contributed by atoms with van der Waals surface area (Å²) < 4.78 is 2.07. The molecule has 0 aliphatic rings. The van der Waals surface area contributed by atoms with Gasteiger partial charge in [0.25, 0.3) is 5.91 Å². The van der Waals surface area contributed by atoms with Crippen LogP contribution in [0.4, 0.5) is 0 Å². The van der Waals surface area contributed by atoms with Gasteiger partial charge in [-0.05, 0) is 39.8 Å². The topological polar surface area (TPSA) is 46.9 Å². The highest BCUT2D eigenvalue weighted by atomic mass is 32.1. The molecule has 0 aliphatic heterocycles. The lowest BCUT2D eigenvalue weighted by Gasteiger charge is -2.03. The van der Waals surface area contributed by atoms with Crippen LogP contribution < -0.4 is 5.32 Å². The van der Waals surface area contributed by atoms with Crippen LogP contribution in [0.5, 0.6) is 0 Å². The van der Waals surface area contributed by atoms with Crippen molar-refractivity contribution in [3.05, 3.63) is 34.1 Å². The van der Waals surface area contributed by atoms with E-state index in [1.165, 1.54) is 11.3 Å². The minimum Gasteiger partial charge on any atom is -0.352 e. The van der Waals surface area contributed by atoms with Gasteiger partial charge in [0, 0.05) is 17.9 Å². The number of nitrogens with zero attached hydrogens (tertiary/aromatic N) is 2. The number of thiazole rings is 1. The SMILES string of the molecule is CCNC(=O)c1sc(-n2c(C)ccc2C)nc1C. The molecule has 96 valence electrons. The zero-order valence-corrected chi connectivity index (χ0v) is 11.9. The zero-order valence-electron chi connectivity index (χ0n) is 11.1. The summed E-state index contributed by atoms with van der Waals surface area (Å²) in [5, 5.41) is 3.67. The molecule has 1 N–H and O–H groups in total. The van der Waals surface area contributed by atoms with Gasteiger partial charge in [-0.2, -0.15) is 0 Å². The van der Waals surface area contributed by atoms with Crippen molar-refractivity contribution in [1.82, 2.24) is 14.9 Å². The van der Waals surface area contributed by atoms with Gasteiger partial charge in [0.2, 0.25) is 0 Å². The summed E-state index contributed by atoms with van der Waals surface area (Å²) in [6, 6.07) is 4.11. The fraction of sp³-hybridized carbons (Fsp3) is 0.385. The zero-order chi connectivity index (χ0) is 13.3. The molecular weight excluding hydrogens is 246 g/mol. The number of carbonyl (C=O) groups is 1. The van der Waals surface area contributed by atoms with Gasteiger partial charge in [-0.15, -0.1) is 0 Å². The predicted octanol–water partition coefficient (Wildman–Crippen LogP) is 2.61. The third kappa shape index (κ3) is 2.18. The van der Waals surface area contributed by atoms with E-state index in [2.05, 4.69) is 27.0 Å². The molecule has 4 nitrogen and oxygen atoms in total. The molecule has 2 heterocycles. The smallest absolute Gasteiger partial charge is 0.263 e. The molecule has 0 aliphatic carbocycles. The second-order valence-electron chi connectivity index (χ2n) is 4.22. The quantitative estimate of drug-likeness (QED) is 0.925. The standard InChI is InChI=1S/C13H17N3OS/c1-5-14-12(17)11-10(4)15-13(18-11)16-8(2)6-7-9(16)3/h6-7H,5H2,1-4H3,(H,14,17). The van der Waals surface area contributed by atoms with E-state index in [-0.39, 0.29) is 5.91 Å². The third-order valence-electron chi connectivity index (χ3n) is 2.79. The number of carbonyl (C=O) groups excluding carboxylic acids is 1. The summed E-state index contributed by atoms with van der Waals surface area (Å²) in [6.45, 7) is 8.49. The van der Waals surface area contributed by atoms with E-state index in [1.54, 1.807) is 0 Å². The van der Waals surface area contributed by atoms with Crippen LogP contribution in [0.3, 0.4) is 0 Å². The van der Waals surface area contributed by atoms with E-state index >= 15 is 0 Å². The first-order valence-corrected chi connectivity index (χ1v) is 6.77. The van der Waals surface area contributed by atoms with E-state index in [0.29, 0.717) is 11.4 Å². The average molecular weight is 263 g/mol. The minimum absolute atomic E-state index is 0.0405. The molecule has 0 unspecified atom stereocenters. The van der Waals surface area contributed by atoms with Crippen LogP contribution in [0.15, 0.2) is 12.1 Å². The number of rotatable bonds is 3. The van der Waals surface area contributed by atoms with Crippen molar-refractivity contribution in [3.8, 4) is 5.13 Å². The normalized spacial score (nSPS) is 10.7. The molecule has 0 spiro atoms. The molecule has 0 radical (unpaired) electrons. The molecular formula is C13H17N3OS. The summed E-state index contributed by atoms with van der Waals surface area (Å²) in [6.07, 6.45) is 0.